The Morgan fingerprint density at radius 1 is 1.04 bits per heavy atom. The molecular weight excluding hydrogens is 326 g/mol. The van der Waals surface area contributed by atoms with E-state index in [4.69, 9.17) is 4.74 Å². The van der Waals surface area contributed by atoms with E-state index in [-0.39, 0.29) is 5.75 Å². The fourth-order valence-corrected chi connectivity index (χ4v) is 2.97. The lowest BCUT2D eigenvalue weighted by Gasteiger charge is -2.11. The third kappa shape index (κ3) is 3.07. The van der Waals surface area contributed by atoms with Crippen LogP contribution in [0.2, 0.25) is 0 Å². The summed E-state index contributed by atoms with van der Waals surface area (Å²) in [6.45, 7) is 0.661. The number of nitrogens with one attached hydrogen (secondary N) is 1. The summed E-state index contributed by atoms with van der Waals surface area (Å²) >= 11 is 0. The molecule has 0 unspecified atom stereocenters. The third-order valence-electron chi connectivity index (χ3n) is 4.32. The molecule has 0 spiro atoms. The molecule has 0 fully saturated rings. The highest BCUT2D eigenvalue weighted by atomic mass is 16.5. The zero-order valence-corrected chi connectivity index (χ0v) is 14.4. The molecule has 26 heavy (non-hydrogen) atoms. The molecule has 0 saturated carbocycles. The molecule has 0 atom stereocenters. The van der Waals surface area contributed by atoms with E-state index in [1.807, 2.05) is 36.7 Å². The van der Waals surface area contributed by atoms with Gasteiger partial charge in [-0.15, -0.1) is 0 Å². The van der Waals surface area contributed by atoms with Gasteiger partial charge in [0.1, 0.15) is 6.33 Å². The second-order valence-electron chi connectivity index (χ2n) is 6.01. The Morgan fingerprint density at radius 2 is 1.92 bits per heavy atom. The van der Waals surface area contributed by atoms with Crippen LogP contribution in [0.3, 0.4) is 0 Å². The van der Waals surface area contributed by atoms with Crippen LogP contribution in [-0.2, 0) is 6.54 Å². The molecule has 0 amide bonds. The highest BCUT2D eigenvalue weighted by Gasteiger charge is 2.06. The quantitative estimate of drug-likeness (QED) is 0.528. The van der Waals surface area contributed by atoms with Crippen LogP contribution in [0.4, 0.5) is 5.69 Å². The first-order valence-electron chi connectivity index (χ1n) is 8.37. The number of benzene rings is 3. The standard InChI is InChI=1S/C21H19N3O2/c1-26-21-12-16(9-10-20(21)25)22-13-15-5-4-6-17(11-15)24-14-23-18-7-2-3-8-19(18)24/h2-12,14,22,25H,13H2,1H3. The molecule has 130 valence electrons. The minimum atomic E-state index is 0.132. The lowest BCUT2D eigenvalue weighted by molar-refractivity contribution is 0.373. The molecule has 0 aliphatic heterocycles. The van der Waals surface area contributed by atoms with E-state index < -0.39 is 0 Å². The molecule has 5 heteroatoms. The number of nitrogens with zero attached hydrogens (tertiary/aromatic N) is 2. The molecule has 5 nitrogen and oxygen atoms in total. The maximum atomic E-state index is 9.69. The van der Waals surface area contributed by atoms with Crippen molar-refractivity contribution in [1.82, 2.24) is 9.55 Å². The van der Waals surface area contributed by atoms with Crippen molar-refractivity contribution in [2.45, 2.75) is 6.54 Å². The van der Waals surface area contributed by atoms with Crippen molar-refractivity contribution >= 4 is 16.7 Å². The molecule has 4 rings (SSSR count). The van der Waals surface area contributed by atoms with Gasteiger partial charge in [-0.1, -0.05) is 24.3 Å². The number of hydrogen-bond acceptors (Lipinski definition) is 4. The number of aromatic nitrogens is 2. The Morgan fingerprint density at radius 3 is 2.81 bits per heavy atom. The minimum Gasteiger partial charge on any atom is -0.504 e. The number of methoxy groups -OCH3 is 1. The number of fused-ring (bicyclic) bond motifs is 1. The fraction of sp³-hybridized carbons (Fsp3) is 0.0952. The first kappa shape index (κ1) is 16.0. The van der Waals surface area contributed by atoms with Crippen molar-refractivity contribution in [3.8, 4) is 17.2 Å². The highest BCUT2D eigenvalue weighted by molar-refractivity contribution is 5.77. The summed E-state index contributed by atoms with van der Waals surface area (Å²) in [5, 5.41) is 13.0. The van der Waals surface area contributed by atoms with E-state index in [2.05, 4.69) is 39.1 Å². The number of hydrogen-bond donors (Lipinski definition) is 2. The third-order valence-corrected chi connectivity index (χ3v) is 4.32. The molecule has 3 aromatic carbocycles. The van der Waals surface area contributed by atoms with Crippen molar-refractivity contribution in [2.75, 3.05) is 12.4 Å². The number of ether oxygens (including phenoxy) is 1. The van der Waals surface area contributed by atoms with Crippen LogP contribution >= 0.6 is 0 Å². The molecular formula is C21H19N3O2. The number of para-hydroxylation sites is 2. The van der Waals surface area contributed by atoms with Crippen LogP contribution in [0.15, 0.2) is 73.1 Å². The number of imidazole rings is 1. The Labute approximate surface area is 151 Å². The molecule has 0 aliphatic rings. The van der Waals surface area contributed by atoms with Gasteiger partial charge in [-0.05, 0) is 42.0 Å². The molecule has 0 radical (unpaired) electrons. The summed E-state index contributed by atoms with van der Waals surface area (Å²) in [5.74, 6) is 0.584. The van der Waals surface area contributed by atoms with Crippen molar-refractivity contribution in [3.63, 3.8) is 0 Å². The lowest BCUT2D eigenvalue weighted by atomic mass is 10.2. The molecule has 0 aliphatic carbocycles. The first-order valence-corrected chi connectivity index (χ1v) is 8.37. The summed E-state index contributed by atoms with van der Waals surface area (Å²) in [4.78, 5) is 4.46. The zero-order chi connectivity index (χ0) is 17.9. The predicted molar refractivity (Wildman–Crippen MR) is 103 cm³/mol. The second-order valence-corrected chi connectivity index (χ2v) is 6.01. The lowest BCUT2D eigenvalue weighted by Crippen LogP contribution is -2.01. The van der Waals surface area contributed by atoms with Crippen LogP contribution in [0.5, 0.6) is 11.5 Å². The van der Waals surface area contributed by atoms with Gasteiger partial charge in [0.15, 0.2) is 11.5 Å². The van der Waals surface area contributed by atoms with E-state index in [9.17, 15) is 5.11 Å². The Bertz CT molecular complexity index is 1060. The molecule has 0 saturated heterocycles. The van der Waals surface area contributed by atoms with Gasteiger partial charge in [0.25, 0.3) is 0 Å². The highest BCUT2D eigenvalue weighted by Crippen LogP contribution is 2.29. The predicted octanol–water partition coefficient (Wildman–Crippen LogP) is 4.35. The van der Waals surface area contributed by atoms with Crippen LogP contribution in [-0.4, -0.2) is 21.8 Å². The van der Waals surface area contributed by atoms with Crippen LogP contribution in [0.25, 0.3) is 16.7 Å². The zero-order valence-electron chi connectivity index (χ0n) is 14.4. The fourth-order valence-electron chi connectivity index (χ4n) is 2.97. The number of phenolic OH excluding ortho intramolecular Hbond substituents is 1. The van der Waals surface area contributed by atoms with Crippen molar-refractivity contribution < 1.29 is 9.84 Å². The molecule has 1 aromatic heterocycles. The van der Waals surface area contributed by atoms with Gasteiger partial charge < -0.3 is 15.2 Å². The Hall–Kier alpha value is -3.47. The van der Waals surface area contributed by atoms with Crippen molar-refractivity contribution in [1.29, 1.82) is 0 Å². The largest absolute Gasteiger partial charge is 0.504 e. The van der Waals surface area contributed by atoms with Gasteiger partial charge >= 0.3 is 0 Å². The average Bonchev–Trinajstić information content (AvgIpc) is 3.12. The van der Waals surface area contributed by atoms with E-state index in [0.29, 0.717) is 12.3 Å². The molecule has 1 heterocycles. The molecule has 0 bridgehead atoms. The van der Waals surface area contributed by atoms with Gasteiger partial charge in [-0.3, -0.25) is 4.57 Å². The Kier molecular flexibility index (Phi) is 4.19. The van der Waals surface area contributed by atoms with Crippen LogP contribution in [0.1, 0.15) is 5.56 Å². The van der Waals surface area contributed by atoms with Crippen LogP contribution in [0, 0.1) is 0 Å². The minimum absolute atomic E-state index is 0.132. The summed E-state index contributed by atoms with van der Waals surface area (Å²) < 4.78 is 7.23. The van der Waals surface area contributed by atoms with E-state index >= 15 is 0 Å². The summed E-state index contributed by atoms with van der Waals surface area (Å²) in [5.41, 5.74) is 5.17. The van der Waals surface area contributed by atoms with Gasteiger partial charge in [0, 0.05) is 24.0 Å². The Balaban J connectivity index is 1.56. The normalized spacial score (nSPS) is 10.8. The number of aromatic hydroxyl groups is 1. The van der Waals surface area contributed by atoms with E-state index in [0.717, 1.165) is 28.0 Å². The summed E-state index contributed by atoms with van der Waals surface area (Å²) in [6.07, 6.45) is 1.85. The molecule has 2 N–H and O–H groups in total. The molecule has 4 aromatic rings. The smallest absolute Gasteiger partial charge is 0.162 e. The van der Waals surface area contributed by atoms with Crippen LogP contribution < -0.4 is 10.1 Å². The van der Waals surface area contributed by atoms with E-state index in [1.165, 1.54) is 7.11 Å². The monoisotopic (exact) mass is 345 g/mol. The summed E-state index contributed by atoms with van der Waals surface area (Å²) in [6, 6.07) is 21.6. The first-order chi connectivity index (χ1) is 12.7. The SMILES string of the molecule is COc1cc(NCc2cccc(-n3cnc4ccccc43)c2)ccc1O. The average molecular weight is 345 g/mol. The van der Waals surface area contributed by atoms with Crippen molar-refractivity contribution in [2.24, 2.45) is 0 Å². The second kappa shape index (κ2) is 6.80. The maximum absolute atomic E-state index is 9.69. The number of phenols is 1. The van der Waals surface area contributed by atoms with Gasteiger partial charge in [0.05, 0.1) is 18.1 Å². The maximum Gasteiger partial charge on any atom is 0.162 e. The topological polar surface area (TPSA) is 59.3 Å². The number of rotatable bonds is 5. The number of anilines is 1. The van der Waals surface area contributed by atoms with Gasteiger partial charge in [-0.2, -0.15) is 0 Å². The summed E-state index contributed by atoms with van der Waals surface area (Å²) in [7, 11) is 1.54. The van der Waals surface area contributed by atoms with Gasteiger partial charge in [0.2, 0.25) is 0 Å². The van der Waals surface area contributed by atoms with Gasteiger partial charge in [-0.25, -0.2) is 4.98 Å². The van der Waals surface area contributed by atoms with Crippen molar-refractivity contribution in [3.05, 3.63) is 78.6 Å². The van der Waals surface area contributed by atoms with E-state index in [1.54, 1.807) is 12.1 Å².